The van der Waals surface area contributed by atoms with Crippen LogP contribution in [0.15, 0.2) is 99.9 Å². The summed E-state index contributed by atoms with van der Waals surface area (Å²) in [4.78, 5) is 0. The molecule has 7 aromatic rings. The maximum absolute atomic E-state index is 6.14. The molecule has 0 unspecified atom stereocenters. The fraction of sp³-hybridized carbons (Fsp3) is 0. The Labute approximate surface area is 190 Å². The van der Waals surface area contributed by atoms with Crippen molar-refractivity contribution < 1.29 is 4.42 Å². The zero-order valence-electron chi connectivity index (χ0n) is 16.4. The van der Waals surface area contributed by atoms with E-state index in [9.17, 15) is 0 Å². The third-order valence-electron chi connectivity index (χ3n) is 6.10. The summed E-state index contributed by atoms with van der Waals surface area (Å²) >= 11 is 5.43. The summed E-state index contributed by atoms with van der Waals surface area (Å²) in [7, 11) is 0. The molecule has 146 valence electrons. The molecule has 0 radical (unpaired) electrons. The molecule has 0 aliphatic heterocycles. The number of furan rings is 1. The van der Waals surface area contributed by atoms with Crippen LogP contribution in [0.1, 0.15) is 0 Å². The lowest BCUT2D eigenvalue weighted by atomic mass is 9.98. The minimum Gasteiger partial charge on any atom is -0.456 e. The van der Waals surface area contributed by atoms with Crippen molar-refractivity contribution in [2.45, 2.75) is 0 Å². The van der Waals surface area contributed by atoms with Gasteiger partial charge in [-0.2, -0.15) is 0 Å². The van der Waals surface area contributed by atoms with Crippen LogP contribution in [0, 0.1) is 0 Å². The summed E-state index contributed by atoms with van der Waals surface area (Å²) in [5.74, 6) is 0. The van der Waals surface area contributed by atoms with Crippen LogP contribution in [0.5, 0.6) is 0 Å². The Hall–Kier alpha value is -3.14. The first-order chi connectivity index (χ1) is 15.2. The molecule has 0 saturated carbocycles. The average Bonchev–Trinajstić information content (AvgIpc) is 3.34. The summed E-state index contributed by atoms with van der Waals surface area (Å²) in [5.41, 5.74) is 4.31. The highest BCUT2D eigenvalue weighted by Gasteiger charge is 2.11. The van der Waals surface area contributed by atoms with Crippen LogP contribution in [0.4, 0.5) is 0 Å². The molecule has 0 amide bonds. The first-order valence-electron chi connectivity index (χ1n) is 10.2. The highest BCUT2D eigenvalue weighted by Crippen LogP contribution is 2.38. The van der Waals surface area contributed by atoms with Crippen molar-refractivity contribution in [2.24, 2.45) is 0 Å². The first-order valence-corrected chi connectivity index (χ1v) is 11.8. The molecule has 0 saturated heterocycles. The van der Waals surface area contributed by atoms with Gasteiger partial charge < -0.3 is 4.42 Å². The van der Waals surface area contributed by atoms with Crippen LogP contribution in [0.3, 0.4) is 0 Å². The molecule has 2 aromatic heterocycles. The van der Waals surface area contributed by atoms with Gasteiger partial charge in [0.1, 0.15) is 11.2 Å². The Bertz CT molecular complexity index is 1810. The second-order valence-corrected chi connectivity index (χ2v) is 9.96. The average molecular weight is 479 g/mol. The molecule has 0 fully saturated rings. The van der Waals surface area contributed by atoms with E-state index in [1.165, 1.54) is 42.1 Å². The smallest absolute Gasteiger partial charge is 0.136 e. The molecule has 31 heavy (non-hydrogen) atoms. The molecule has 2 heterocycles. The van der Waals surface area contributed by atoms with Crippen LogP contribution in [-0.2, 0) is 0 Å². The highest BCUT2D eigenvalue weighted by atomic mass is 79.9. The van der Waals surface area contributed by atoms with Gasteiger partial charge in [-0.05, 0) is 76.5 Å². The van der Waals surface area contributed by atoms with Crippen LogP contribution in [0.2, 0.25) is 0 Å². The normalized spacial score (nSPS) is 12.0. The van der Waals surface area contributed by atoms with Gasteiger partial charge in [0.15, 0.2) is 0 Å². The highest BCUT2D eigenvalue weighted by molar-refractivity contribution is 9.10. The van der Waals surface area contributed by atoms with Crippen LogP contribution < -0.4 is 0 Å². The summed E-state index contributed by atoms with van der Waals surface area (Å²) in [6.07, 6.45) is 0. The molecule has 1 nitrogen and oxygen atoms in total. The summed E-state index contributed by atoms with van der Waals surface area (Å²) in [6, 6.07) is 32.7. The second-order valence-electron chi connectivity index (χ2n) is 7.96. The first kappa shape index (κ1) is 17.5. The van der Waals surface area contributed by atoms with Gasteiger partial charge in [0.05, 0.1) is 0 Å². The number of hydrogen-bond donors (Lipinski definition) is 0. The third-order valence-corrected chi connectivity index (χ3v) is 7.75. The Morgan fingerprint density at radius 2 is 1.35 bits per heavy atom. The minimum atomic E-state index is 0.920. The molecule has 0 aliphatic carbocycles. The van der Waals surface area contributed by atoms with Crippen molar-refractivity contribution in [2.75, 3.05) is 0 Å². The maximum atomic E-state index is 6.14. The van der Waals surface area contributed by atoms with E-state index in [-0.39, 0.29) is 0 Å². The topological polar surface area (TPSA) is 13.1 Å². The lowest BCUT2D eigenvalue weighted by Crippen LogP contribution is -1.80. The van der Waals surface area contributed by atoms with Gasteiger partial charge >= 0.3 is 0 Å². The van der Waals surface area contributed by atoms with Gasteiger partial charge in [-0.3, -0.25) is 0 Å². The number of rotatable bonds is 1. The molecule has 0 N–H and O–H groups in total. The van der Waals surface area contributed by atoms with E-state index in [0.29, 0.717) is 0 Å². The van der Waals surface area contributed by atoms with Gasteiger partial charge in [-0.25, -0.2) is 0 Å². The number of benzene rings is 5. The van der Waals surface area contributed by atoms with Crippen molar-refractivity contribution >= 4 is 80.1 Å². The molecule has 7 rings (SSSR count). The molecule has 5 aromatic carbocycles. The Kier molecular flexibility index (Phi) is 3.64. The zero-order chi connectivity index (χ0) is 20.5. The zero-order valence-corrected chi connectivity index (χ0v) is 18.8. The Morgan fingerprint density at radius 3 is 2.32 bits per heavy atom. The lowest BCUT2D eigenvalue weighted by molar-refractivity contribution is 0.669. The largest absolute Gasteiger partial charge is 0.456 e. The van der Waals surface area contributed by atoms with Crippen LogP contribution >= 0.6 is 27.3 Å². The van der Waals surface area contributed by atoms with Gasteiger partial charge in [-0.1, -0.05) is 52.3 Å². The van der Waals surface area contributed by atoms with Gasteiger partial charge in [0, 0.05) is 35.4 Å². The lowest BCUT2D eigenvalue weighted by Gasteiger charge is -2.05. The van der Waals surface area contributed by atoms with E-state index >= 15 is 0 Å². The summed E-state index contributed by atoms with van der Waals surface area (Å²) in [5, 5.41) is 7.38. The van der Waals surface area contributed by atoms with E-state index in [4.69, 9.17) is 4.42 Å². The standard InChI is InChI=1S/C28H15BrOS/c29-20-8-9-25-23(15-20)22-12-18-6-5-16(11-19(18)14-26(22)30-25)17-7-10-28-24(13-17)21-3-1-2-4-27(21)31-28/h1-15H. The molecule has 3 heteroatoms. The maximum Gasteiger partial charge on any atom is 0.136 e. The molecular weight excluding hydrogens is 464 g/mol. The summed E-state index contributed by atoms with van der Waals surface area (Å²) < 4.78 is 9.88. The van der Waals surface area contributed by atoms with Crippen LogP contribution in [0.25, 0.3) is 64.0 Å². The van der Waals surface area contributed by atoms with Crippen molar-refractivity contribution in [3.8, 4) is 11.1 Å². The summed E-state index contributed by atoms with van der Waals surface area (Å²) in [6.45, 7) is 0. The SMILES string of the molecule is Brc1ccc2oc3cc4cc(-c5ccc6sc7ccccc7c6c5)ccc4cc3c2c1. The second kappa shape index (κ2) is 6.43. The van der Waals surface area contributed by atoms with E-state index in [1.54, 1.807) is 0 Å². The predicted molar refractivity (Wildman–Crippen MR) is 137 cm³/mol. The predicted octanol–water partition coefficient (Wildman–Crippen LogP) is 9.54. The number of hydrogen-bond acceptors (Lipinski definition) is 2. The van der Waals surface area contributed by atoms with Crippen molar-refractivity contribution in [1.82, 2.24) is 0 Å². The van der Waals surface area contributed by atoms with Gasteiger partial charge in [0.2, 0.25) is 0 Å². The third kappa shape index (κ3) is 2.67. The van der Waals surface area contributed by atoms with Crippen molar-refractivity contribution in [3.63, 3.8) is 0 Å². The van der Waals surface area contributed by atoms with E-state index in [2.05, 4.69) is 94.8 Å². The van der Waals surface area contributed by atoms with E-state index < -0.39 is 0 Å². The molecular formula is C28H15BrOS. The Balaban J connectivity index is 1.43. The van der Waals surface area contributed by atoms with E-state index in [0.717, 1.165) is 26.4 Å². The van der Waals surface area contributed by atoms with E-state index in [1.807, 2.05) is 23.5 Å². The minimum absolute atomic E-state index is 0.920. The monoisotopic (exact) mass is 478 g/mol. The number of halogens is 1. The molecule has 0 atom stereocenters. The van der Waals surface area contributed by atoms with Gasteiger partial charge in [-0.15, -0.1) is 11.3 Å². The molecule has 0 spiro atoms. The van der Waals surface area contributed by atoms with Crippen LogP contribution in [-0.4, -0.2) is 0 Å². The number of thiophene rings is 1. The fourth-order valence-electron chi connectivity index (χ4n) is 4.58. The Morgan fingerprint density at radius 1 is 0.548 bits per heavy atom. The molecule has 0 aliphatic rings. The van der Waals surface area contributed by atoms with Crippen molar-refractivity contribution in [1.29, 1.82) is 0 Å². The molecule has 0 bridgehead atoms. The van der Waals surface area contributed by atoms with Gasteiger partial charge in [0.25, 0.3) is 0 Å². The fourth-order valence-corrected chi connectivity index (χ4v) is 6.02. The quantitative estimate of drug-likeness (QED) is 0.229. The van der Waals surface area contributed by atoms with Crippen molar-refractivity contribution in [3.05, 3.63) is 95.5 Å². The number of fused-ring (bicyclic) bond motifs is 7.